The Morgan fingerprint density at radius 1 is 1.63 bits per heavy atom. The number of hydrogen-bond donors (Lipinski definition) is 3. The molecule has 0 saturated heterocycles. The molecule has 0 aromatic carbocycles. The third-order valence-corrected chi connectivity index (χ3v) is 3.34. The van der Waals surface area contributed by atoms with E-state index in [1.54, 1.807) is 12.1 Å². The van der Waals surface area contributed by atoms with Crippen molar-refractivity contribution in [1.82, 2.24) is 10.3 Å². The van der Waals surface area contributed by atoms with Gasteiger partial charge in [-0.05, 0) is 19.1 Å². The number of carbonyl (C=O) groups is 1. The summed E-state index contributed by atoms with van der Waals surface area (Å²) in [6, 6.07) is 3.35. The van der Waals surface area contributed by atoms with E-state index in [2.05, 4.69) is 15.6 Å². The molecule has 2 rings (SSSR count). The Morgan fingerprint density at radius 2 is 2.47 bits per heavy atom. The maximum atomic E-state index is 11.8. The van der Waals surface area contributed by atoms with Crippen LogP contribution in [0, 0.1) is 0 Å². The number of hydrogen-bond acceptors (Lipinski definition) is 6. The number of aromatic nitrogens is 1. The van der Waals surface area contributed by atoms with E-state index in [-0.39, 0.29) is 12.5 Å². The monoisotopic (exact) mass is 281 g/mol. The summed E-state index contributed by atoms with van der Waals surface area (Å²) in [5, 5.41) is 16.1. The lowest BCUT2D eigenvalue weighted by Gasteiger charge is -2.08. The van der Waals surface area contributed by atoms with Gasteiger partial charge in [-0.15, -0.1) is 0 Å². The molecule has 0 fully saturated rings. The molecule has 3 N–H and O–H groups in total. The third-order valence-electron chi connectivity index (χ3n) is 2.39. The summed E-state index contributed by atoms with van der Waals surface area (Å²) >= 11 is 1.28. The van der Waals surface area contributed by atoms with Crippen LogP contribution >= 0.6 is 11.3 Å². The summed E-state index contributed by atoms with van der Waals surface area (Å²) in [6.07, 6.45) is 2.14. The molecule has 0 saturated carbocycles. The molecule has 0 spiro atoms. The summed E-state index contributed by atoms with van der Waals surface area (Å²) in [6.45, 7) is 2.81. The number of carbonyl (C=O) groups excluding carboxylic acids is 1. The van der Waals surface area contributed by atoms with Crippen LogP contribution in [0.2, 0.25) is 0 Å². The van der Waals surface area contributed by atoms with Crippen LogP contribution in [0.15, 0.2) is 29.0 Å². The highest BCUT2D eigenvalue weighted by Gasteiger charge is 2.14. The lowest BCUT2D eigenvalue weighted by Crippen LogP contribution is -2.27. The minimum atomic E-state index is -0.847. The number of aliphatic hydroxyl groups is 1. The van der Waals surface area contributed by atoms with E-state index in [4.69, 9.17) is 4.42 Å². The highest BCUT2D eigenvalue weighted by molar-refractivity contribution is 7.17. The highest BCUT2D eigenvalue weighted by atomic mass is 32.1. The van der Waals surface area contributed by atoms with Gasteiger partial charge in [-0.1, -0.05) is 11.3 Å². The van der Waals surface area contributed by atoms with Crippen LogP contribution in [0.5, 0.6) is 0 Å². The summed E-state index contributed by atoms with van der Waals surface area (Å²) in [5.74, 6) is 0.171. The smallest absolute Gasteiger partial charge is 0.263 e. The molecule has 0 radical (unpaired) electrons. The molecule has 2 heterocycles. The van der Waals surface area contributed by atoms with Crippen LogP contribution < -0.4 is 10.6 Å². The van der Waals surface area contributed by atoms with Gasteiger partial charge in [0.05, 0.1) is 19.0 Å². The van der Waals surface area contributed by atoms with Crippen LogP contribution in [0.4, 0.5) is 5.13 Å². The molecule has 1 unspecified atom stereocenters. The summed E-state index contributed by atoms with van der Waals surface area (Å²) in [7, 11) is 0. The zero-order chi connectivity index (χ0) is 13.7. The standard InChI is InChI=1S/C12H15N3O3S/c1-2-13-12-15-7-10(19-12)11(17)14-6-8(16)9-4-3-5-18-9/h3-5,7-8,16H,2,6H2,1H3,(H,13,15)(H,14,17). The Hall–Kier alpha value is -1.86. The van der Waals surface area contributed by atoms with Crippen molar-refractivity contribution in [3.63, 3.8) is 0 Å². The van der Waals surface area contributed by atoms with Crippen molar-refractivity contribution in [2.24, 2.45) is 0 Å². The van der Waals surface area contributed by atoms with Crippen molar-refractivity contribution < 1.29 is 14.3 Å². The van der Waals surface area contributed by atoms with E-state index in [9.17, 15) is 9.90 Å². The second-order valence-electron chi connectivity index (χ2n) is 3.80. The number of furan rings is 1. The van der Waals surface area contributed by atoms with E-state index in [1.165, 1.54) is 23.8 Å². The van der Waals surface area contributed by atoms with Crippen molar-refractivity contribution >= 4 is 22.4 Å². The molecule has 19 heavy (non-hydrogen) atoms. The Kier molecular flexibility index (Phi) is 4.53. The molecular weight excluding hydrogens is 266 g/mol. The van der Waals surface area contributed by atoms with E-state index < -0.39 is 6.10 Å². The summed E-state index contributed by atoms with van der Waals surface area (Å²) in [5.41, 5.74) is 0. The van der Waals surface area contributed by atoms with E-state index >= 15 is 0 Å². The second kappa shape index (κ2) is 6.35. The molecule has 0 aliphatic carbocycles. The van der Waals surface area contributed by atoms with Crippen molar-refractivity contribution in [3.05, 3.63) is 35.2 Å². The van der Waals surface area contributed by atoms with Gasteiger partial charge in [0.2, 0.25) is 0 Å². The van der Waals surface area contributed by atoms with Crippen molar-refractivity contribution in [2.45, 2.75) is 13.0 Å². The fraction of sp³-hybridized carbons (Fsp3) is 0.333. The maximum Gasteiger partial charge on any atom is 0.263 e. The largest absolute Gasteiger partial charge is 0.467 e. The van der Waals surface area contributed by atoms with E-state index in [1.807, 2.05) is 6.92 Å². The first-order valence-corrected chi connectivity index (χ1v) is 6.71. The van der Waals surface area contributed by atoms with Crippen molar-refractivity contribution in [2.75, 3.05) is 18.4 Å². The summed E-state index contributed by atoms with van der Waals surface area (Å²) in [4.78, 5) is 16.4. The van der Waals surface area contributed by atoms with Crippen LogP contribution in [-0.4, -0.2) is 29.1 Å². The van der Waals surface area contributed by atoms with Gasteiger partial charge in [0.1, 0.15) is 16.7 Å². The van der Waals surface area contributed by atoms with Crippen LogP contribution in [0.3, 0.4) is 0 Å². The maximum absolute atomic E-state index is 11.8. The molecule has 6 nitrogen and oxygen atoms in total. The first-order valence-electron chi connectivity index (χ1n) is 5.90. The minimum Gasteiger partial charge on any atom is -0.467 e. The van der Waals surface area contributed by atoms with Crippen molar-refractivity contribution in [1.29, 1.82) is 0 Å². The molecular formula is C12H15N3O3S. The highest BCUT2D eigenvalue weighted by Crippen LogP contribution is 2.18. The lowest BCUT2D eigenvalue weighted by molar-refractivity contribution is 0.0905. The zero-order valence-electron chi connectivity index (χ0n) is 10.4. The van der Waals surface area contributed by atoms with E-state index in [0.29, 0.717) is 15.8 Å². The number of thiazole rings is 1. The molecule has 7 heteroatoms. The molecule has 0 aliphatic rings. The average Bonchev–Trinajstić information content (AvgIpc) is 3.06. The van der Waals surface area contributed by atoms with Gasteiger partial charge in [-0.25, -0.2) is 4.98 Å². The predicted octanol–water partition coefficient (Wildman–Crippen LogP) is 1.63. The topological polar surface area (TPSA) is 87.4 Å². The predicted molar refractivity (Wildman–Crippen MR) is 72.3 cm³/mol. The minimum absolute atomic E-state index is 0.0980. The molecule has 2 aromatic rings. The molecule has 0 aliphatic heterocycles. The van der Waals surface area contributed by atoms with Gasteiger partial charge in [0.25, 0.3) is 5.91 Å². The Morgan fingerprint density at radius 3 is 3.16 bits per heavy atom. The molecule has 2 aromatic heterocycles. The SMILES string of the molecule is CCNc1ncc(C(=O)NCC(O)c2ccco2)s1. The first-order chi connectivity index (χ1) is 9.20. The van der Waals surface area contributed by atoms with Gasteiger partial charge in [-0.3, -0.25) is 4.79 Å². The molecule has 0 bridgehead atoms. The average molecular weight is 281 g/mol. The Labute approximate surface area is 114 Å². The first kappa shape index (κ1) is 13.6. The van der Waals surface area contributed by atoms with Gasteiger partial charge < -0.3 is 20.2 Å². The Bertz CT molecular complexity index is 524. The third kappa shape index (κ3) is 3.55. The number of rotatable bonds is 6. The fourth-order valence-corrected chi connectivity index (χ4v) is 2.27. The molecule has 1 amide bonds. The van der Waals surface area contributed by atoms with Gasteiger partial charge in [0, 0.05) is 6.54 Å². The number of nitrogens with one attached hydrogen (secondary N) is 2. The van der Waals surface area contributed by atoms with Gasteiger partial charge >= 0.3 is 0 Å². The quantitative estimate of drug-likeness (QED) is 0.749. The Balaban J connectivity index is 1.86. The molecule has 1 atom stereocenters. The molecule has 102 valence electrons. The van der Waals surface area contributed by atoms with Crippen LogP contribution in [-0.2, 0) is 0 Å². The van der Waals surface area contributed by atoms with E-state index in [0.717, 1.165) is 6.54 Å². The zero-order valence-corrected chi connectivity index (χ0v) is 11.2. The normalized spacial score (nSPS) is 12.1. The number of anilines is 1. The fourth-order valence-electron chi connectivity index (χ4n) is 1.47. The van der Waals surface area contributed by atoms with Gasteiger partial charge in [0.15, 0.2) is 5.13 Å². The van der Waals surface area contributed by atoms with Crippen LogP contribution in [0.25, 0.3) is 0 Å². The number of amides is 1. The van der Waals surface area contributed by atoms with Gasteiger partial charge in [-0.2, -0.15) is 0 Å². The van der Waals surface area contributed by atoms with Crippen LogP contribution in [0.1, 0.15) is 28.5 Å². The number of aliphatic hydroxyl groups excluding tert-OH is 1. The second-order valence-corrected chi connectivity index (χ2v) is 4.83. The van der Waals surface area contributed by atoms with Crippen molar-refractivity contribution in [3.8, 4) is 0 Å². The summed E-state index contributed by atoms with van der Waals surface area (Å²) < 4.78 is 5.05. The number of nitrogens with zero attached hydrogens (tertiary/aromatic N) is 1. The lowest BCUT2D eigenvalue weighted by atomic mass is 10.3.